The molecule has 0 saturated heterocycles. The van der Waals surface area contributed by atoms with Crippen LogP contribution in [0.3, 0.4) is 0 Å². The van der Waals surface area contributed by atoms with Crippen LogP contribution in [0.25, 0.3) is 0 Å². The number of benzene rings is 2. The van der Waals surface area contributed by atoms with E-state index >= 15 is 0 Å². The topological polar surface area (TPSA) is 32.3 Å². The number of para-hydroxylation sites is 1. The molecule has 3 rings (SSSR count). The normalized spacial score (nSPS) is 17.6. The molecule has 0 bridgehead atoms. The minimum atomic E-state index is -0.600. The van der Waals surface area contributed by atoms with E-state index < -0.39 is 11.6 Å². The Kier molecular flexibility index (Phi) is 3.30. The van der Waals surface area contributed by atoms with Crippen molar-refractivity contribution >= 4 is 5.69 Å². The van der Waals surface area contributed by atoms with Gasteiger partial charge < -0.3 is 10.4 Å². The van der Waals surface area contributed by atoms with Gasteiger partial charge in [-0.1, -0.05) is 12.1 Å². The van der Waals surface area contributed by atoms with E-state index in [4.69, 9.17) is 0 Å². The van der Waals surface area contributed by atoms with E-state index in [-0.39, 0.29) is 17.5 Å². The minimum Gasteiger partial charge on any atom is -0.508 e. The third kappa shape index (κ3) is 2.33. The van der Waals surface area contributed by atoms with Crippen LogP contribution < -0.4 is 5.32 Å². The molecule has 0 saturated carbocycles. The summed E-state index contributed by atoms with van der Waals surface area (Å²) in [6.07, 6.45) is 2.66. The van der Waals surface area contributed by atoms with Crippen molar-refractivity contribution in [2.45, 2.75) is 25.3 Å². The molecule has 4 heteroatoms. The number of hydrogen-bond acceptors (Lipinski definition) is 2. The molecule has 0 radical (unpaired) electrons. The van der Waals surface area contributed by atoms with E-state index in [0.29, 0.717) is 0 Å². The number of phenolic OH excluding ortho intramolecular Hbond substituents is 1. The van der Waals surface area contributed by atoms with Gasteiger partial charge in [0.25, 0.3) is 0 Å². The molecule has 2 nitrogen and oxygen atoms in total. The highest BCUT2D eigenvalue weighted by molar-refractivity contribution is 5.50. The van der Waals surface area contributed by atoms with Gasteiger partial charge in [0.2, 0.25) is 0 Å². The Labute approximate surface area is 116 Å². The summed E-state index contributed by atoms with van der Waals surface area (Å²) >= 11 is 0. The molecule has 1 aliphatic rings. The summed E-state index contributed by atoms with van der Waals surface area (Å²) in [4.78, 5) is 0. The summed E-state index contributed by atoms with van der Waals surface area (Å²) < 4.78 is 27.4. The molecule has 1 unspecified atom stereocenters. The van der Waals surface area contributed by atoms with Gasteiger partial charge in [0.1, 0.15) is 23.1 Å². The van der Waals surface area contributed by atoms with Gasteiger partial charge in [0.15, 0.2) is 0 Å². The molecule has 104 valence electrons. The Bertz CT molecular complexity index is 622. The predicted octanol–water partition coefficient (Wildman–Crippen LogP) is 4.16. The Morgan fingerprint density at radius 2 is 1.85 bits per heavy atom. The highest BCUT2D eigenvalue weighted by atomic mass is 19.1. The zero-order valence-electron chi connectivity index (χ0n) is 10.9. The van der Waals surface area contributed by atoms with Gasteiger partial charge in [-0.05, 0) is 54.7 Å². The summed E-state index contributed by atoms with van der Waals surface area (Å²) in [6.45, 7) is 0. The van der Waals surface area contributed by atoms with Gasteiger partial charge in [-0.2, -0.15) is 0 Å². The molecule has 2 aromatic carbocycles. The predicted molar refractivity (Wildman–Crippen MR) is 73.8 cm³/mol. The molecule has 20 heavy (non-hydrogen) atoms. The standard InChI is InChI=1S/C16H15F2NO/c17-13-4-2-5-14(18)16(13)19-15-6-1-3-10-7-8-11(20)9-12(10)15/h2,4-5,7-9,15,19-20H,1,3,6H2. The van der Waals surface area contributed by atoms with Crippen LogP contribution in [0.4, 0.5) is 14.5 Å². The van der Waals surface area contributed by atoms with Gasteiger partial charge in [-0.15, -0.1) is 0 Å². The third-order valence-electron chi connectivity index (χ3n) is 3.73. The van der Waals surface area contributed by atoms with Crippen LogP contribution in [-0.2, 0) is 6.42 Å². The van der Waals surface area contributed by atoms with Gasteiger partial charge >= 0.3 is 0 Å². The number of anilines is 1. The number of fused-ring (bicyclic) bond motifs is 1. The number of aryl methyl sites for hydroxylation is 1. The number of hydrogen-bond donors (Lipinski definition) is 2. The average molecular weight is 275 g/mol. The lowest BCUT2D eigenvalue weighted by Gasteiger charge is -2.27. The van der Waals surface area contributed by atoms with Gasteiger partial charge in [0, 0.05) is 0 Å². The van der Waals surface area contributed by atoms with Crippen LogP contribution in [0.2, 0.25) is 0 Å². The SMILES string of the molecule is Oc1ccc2c(c1)C(Nc1c(F)cccc1F)CCC2. The fraction of sp³-hybridized carbons (Fsp3) is 0.250. The van der Waals surface area contributed by atoms with Crippen LogP contribution in [0, 0.1) is 11.6 Å². The van der Waals surface area contributed by atoms with Crippen molar-refractivity contribution in [3.05, 3.63) is 59.2 Å². The zero-order valence-corrected chi connectivity index (χ0v) is 10.9. The van der Waals surface area contributed by atoms with Gasteiger partial charge in [-0.25, -0.2) is 8.78 Å². The molecular formula is C16H15F2NO. The van der Waals surface area contributed by atoms with Crippen LogP contribution >= 0.6 is 0 Å². The monoisotopic (exact) mass is 275 g/mol. The second-order valence-electron chi connectivity index (χ2n) is 5.07. The molecule has 1 aliphatic carbocycles. The largest absolute Gasteiger partial charge is 0.508 e. The van der Waals surface area contributed by atoms with E-state index in [1.807, 2.05) is 6.07 Å². The fourth-order valence-electron chi connectivity index (χ4n) is 2.75. The number of rotatable bonds is 2. The molecule has 0 spiro atoms. The first-order valence-electron chi connectivity index (χ1n) is 6.67. The van der Waals surface area contributed by atoms with Crippen molar-refractivity contribution < 1.29 is 13.9 Å². The summed E-state index contributed by atoms with van der Waals surface area (Å²) in [5.41, 5.74) is 1.93. The minimum absolute atomic E-state index is 0.103. The van der Waals surface area contributed by atoms with E-state index in [0.717, 1.165) is 30.4 Å². The second-order valence-corrected chi connectivity index (χ2v) is 5.07. The summed E-state index contributed by atoms with van der Waals surface area (Å²) in [5, 5.41) is 12.5. The maximum atomic E-state index is 13.7. The van der Waals surface area contributed by atoms with Crippen LogP contribution in [-0.4, -0.2) is 5.11 Å². The maximum absolute atomic E-state index is 13.7. The Hall–Kier alpha value is -2.10. The van der Waals surface area contributed by atoms with E-state index in [9.17, 15) is 13.9 Å². The molecule has 1 atom stereocenters. The lowest BCUT2D eigenvalue weighted by Crippen LogP contribution is -2.18. The summed E-state index contributed by atoms with van der Waals surface area (Å²) in [5.74, 6) is -1.03. The first-order valence-corrected chi connectivity index (χ1v) is 6.67. The molecule has 0 aliphatic heterocycles. The van der Waals surface area contributed by atoms with Crippen molar-refractivity contribution in [1.82, 2.24) is 0 Å². The van der Waals surface area contributed by atoms with Crippen LogP contribution in [0.5, 0.6) is 5.75 Å². The lowest BCUT2D eigenvalue weighted by molar-refractivity contribution is 0.471. The highest BCUT2D eigenvalue weighted by Gasteiger charge is 2.22. The zero-order chi connectivity index (χ0) is 14.1. The molecule has 0 amide bonds. The van der Waals surface area contributed by atoms with Gasteiger partial charge in [0.05, 0.1) is 6.04 Å². The van der Waals surface area contributed by atoms with Crippen molar-refractivity contribution in [2.24, 2.45) is 0 Å². The second kappa shape index (κ2) is 5.12. The van der Waals surface area contributed by atoms with E-state index in [1.54, 1.807) is 12.1 Å². The fourth-order valence-corrected chi connectivity index (χ4v) is 2.75. The summed E-state index contributed by atoms with van der Waals surface area (Å²) in [7, 11) is 0. The number of phenols is 1. The van der Waals surface area contributed by atoms with E-state index in [1.165, 1.54) is 18.2 Å². The number of aromatic hydroxyl groups is 1. The first kappa shape index (κ1) is 12.9. The molecule has 2 N–H and O–H groups in total. The van der Waals surface area contributed by atoms with Crippen LogP contribution in [0.15, 0.2) is 36.4 Å². The number of halogens is 2. The maximum Gasteiger partial charge on any atom is 0.149 e. The molecule has 0 aromatic heterocycles. The Morgan fingerprint density at radius 1 is 1.10 bits per heavy atom. The first-order chi connectivity index (χ1) is 9.65. The van der Waals surface area contributed by atoms with Gasteiger partial charge in [-0.3, -0.25) is 0 Å². The van der Waals surface area contributed by atoms with Crippen molar-refractivity contribution in [1.29, 1.82) is 0 Å². The van der Waals surface area contributed by atoms with Crippen LogP contribution in [0.1, 0.15) is 30.0 Å². The molecular weight excluding hydrogens is 260 g/mol. The van der Waals surface area contributed by atoms with E-state index in [2.05, 4.69) is 5.32 Å². The Morgan fingerprint density at radius 3 is 2.60 bits per heavy atom. The summed E-state index contributed by atoms with van der Waals surface area (Å²) in [6, 6.07) is 8.81. The lowest BCUT2D eigenvalue weighted by atomic mass is 9.87. The third-order valence-corrected chi connectivity index (χ3v) is 3.73. The molecule has 2 aromatic rings. The molecule has 0 heterocycles. The quantitative estimate of drug-likeness (QED) is 0.862. The van der Waals surface area contributed by atoms with Crippen molar-refractivity contribution in [3.63, 3.8) is 0 Å². The highest BCUT2D eigenvalue weighted by Crippen LogP contribution is 2.35. The smallest absolute Gasteiger partial charge is 0.149 e. The number of nitrogens with one attached hydrogen (secondary N) is 1. The van der Waals surface area contributed by atoms with Crippen molar-refractivity contribution in [2.75, 3.05) is 5.32 Å². The Balaban J connectivity index is 1.95. The average Bonchev–Trinajstić information content (AvgIpc) is 2.43. The van der Waals surface area contributed by atoms with Crippen molar-refractivity contribution in [3.8, 4) is 5.75 Å². The molecule has 0 fully saturated rings.